The molecule has 1 heterocycles. The Bertz CT molecular complexity index is 1320. The average Bonchev–Trinajstić information content (AvgIpc) is 3.36. The van der Waals surface area contributed by atoms with Crippen LogP contribution in [0.3, 0.4) is 0 Å². The molecule has 0 saturated carbocycles. The molecule has 0 spiro atoms. The molecule has 36 heavy (non-hydrogen) atoms. The number of allylic oxidation sites excluding steroid dienone is 2. The highest BCUT2D eigenvalue weighted by Gasteiger charge is 2.26. The number of benzene rings is 3. The Balaban J connectivity index is 1.49. The number of oxazole rings is 1. The minimum absolute atomic E-state index is 0.236. The summed E-state index contributed by atoms with van der Waals surface area (Å²) >= 11 is 0. The van der Waals surface area contributed by atoms with Crippen molar-refractivity contribution < 1.29 is 19.1 Å². The summed E-state index contributed by atoms with van der Waals surface area (Å²) in [7, 11) is 0. The number of nitrogens with zero attached hydrogens (tertiary/aromatic N) is 1. The van der Waals surface area contributed by atoms with E-state index in [0.29, 0.717) is 11.6 Å². The number of carbonyl (C=O) groups is 1. The molecule has 0 radical (unpaired) electrons. The highest BCUT2D eigenvalue weighted by atomic mass is 16.5. The van der Waals surface area contributed by atoms with Crippen molar-refractivity contribution in [1.29, 1.82) is 0 Å². The first-order chi connectivity index (χ1) is 17.6. The van der Waals surface area contributed by atoms with E-state index < -0.39 is 12.6 Å². The molecule has 5 rings (SSSR count). The van der Waals surface area contributed by atoms with Gasteiger partial charge in [0.15, 0.2) is 5.76 Å². The van der Waals surface area contributed by atoms with Gasteiger partial charge in [-0.15, -0.1) is 0 Å². The quantitative estimate of drug-likeness (QED) is 0.316. The van der Waals surface area contributed by atoms with Crippen molar-refractivity contribution in [3.05, 3.63) is 102 Å². The fourth-order valence-corrected chi connectivity index (χ4v) is 4.80. The van der Waals surface area contributed by atoms with E-state index >= 15 is 0 Å². The first kappa shape index (κ1) is 23.6. The van der Waals surface area contributed by atoms with Crippen LogP contribution in [0.4, 0.5) is 0 Å². The molecule has 3 aromatic carbocycles. The second-order valence-electron chi connectivity index (χ2n) is 9.17. The number of aryl methyl sites for hydroxylation is 1. The maximum absolute atomic E-state index is 10.8. The van der Waals surface area contributed by atoms with Gasteiger partial charge >= 0.3 is 0 Å². The zero-order valence-corrected chi connectivity index (χ0v) is 20.3. The first-order valence-corrected chi connectivity index (χ1v) is 12.3. The molecule has 5 nitrogen and oxygen atoms in total. The zero-order valence-electron chi connectivity index (χ0n) is 20.3. The van der Waals surface area contributed by atoms with E-state index in [1.807, 2.05) is 60.7 Å². The maximum Gasteiger partial charge on any atom is 0.223 e. The molecule has 0 amide bonds. The number of hydrogen-bond acceptors (Lipinski definition) is 5. The second kappa shape index (κ2) is 10.6. The lowest BCUT2D eigenvalue weighted by molar-refractivity contribution is -0.307. The third kappa shape index (κ3) is 5.25. The Hall–Kier alpha value is -4.12. The van der Waals surface area contributed by atoms with E-state index in [2.05, 4.69) is 25.1 Å². The predicted octanol–water partition coefficient (Wildman–Crippen LogP) is 5.87. The Kier molecular flexibility index (Phi) is 6.99. The van der Waals surface area contributed by atoms with E-state index in [-0.39, 0.29) is 5.92 Å². The van der Waals surface area contributed by atoms with Crippen LogP contribution >= 0.6 is 0 Å². The fraction of sp³-hybridized carbons (Fsp3) is 0.226. The van der Waals surface area contributed by atoms with Crippen LogP contribution in [0.15, 0.2) is 89.4 Å². The van der Waals surface area contributed by atoms with Crippen LogP contribution in [0.5, 0.6) is 5.75 Å². The van der Waals surface area contributed by atoms with E-state index in [9.17, 15) is 9.90 Å². The highest BCUT2D eigenvalue weighted by molar-refractivity contribution is 5.79. The molecule has 1 unspecified atom stereocenters. The Labute approximate surface area is 211 Å². The standard InChI is InChI=1S/C31H29NO4/c1-21-16-17-26(35-20-28(33)34)19-25(21)18-24-14-8-9-15-27(24)31-32-29(22-10-4-2-5-11-22)30(36-31)23-12-6-3-7-13-23/h2-7,10-13,15-17,19,24H,8-9,14,18,20H2,1H3,(H,33,34)/p-1. The third-order valence-electron chi connectivity index (χ3n) is 6.66. The number of carboxylic acid groups (broad SMARTS) is 1. The summed E-state index contributed by atoms with van der Waals surface area (Å²) < 4.78 is 11.9. The molecule has 0 fully saturated rings. The molecule has 0 aliphatic heterocycles. The smallest absolute Gasteiger partial charge is 0.223 e. The summed E-state index contributed by atoms with van der Waals surface area (Å²) in [6.45, 7) is 1.61. The topological polar surface area (TPSA) is 75.4 Å². The van der Waals surface area contributed by atoms with E-state index in [0.717, 1.165) is 65.0 Å². The lowest BCUT2D eigenvalue weighted by Gasteiger charge is -2.23. The van der Waals surface area contributed by atoms with Crippen molar-refractivity contribution in [1.82, 2.24) is 4.98 Å². The monoisotopic (exact) mass is 478 g/mol. The molecule has 0 bridgehead atoms. The number of aliphatic carboxylic acids is 1. The minimum atomic E-state index is -1.23. The molecule has 182 valence electrons. The lowest BCUT2D eigenvalue weighted by atomic mass is 9.82. The minimum Gasteiger partial charge on any atom is -0.546 e. The molecule has 1 aliphatic rings. The van der Waals surface area contributed by atoms with Crippen LogP contribution in [-0.4, -0.2) is 17.6 Å². The Morgan fingerprint density at radius 3 is 2.47 bits per heavy atom. The number of hydrogen-bond donors (Lipinski definition) is 0. The van der Waals surface area contributed by atoms with Gasteiger partial charge in [-0.3, -0.25) is 0 Å². The molecule has 5 heteroatoms. The van der Waals surface area contributed by atoms with Gasteiger partial charge in [0.2, 0.25) is 5.89 Å². The van der Waals surface area contributed by atoms with Gasteiger partial charge in [0.25, 0.3) is 0 Å². The van der Waals surface area contributed by atoms with Crippen LogP contribution in [0.1, 0.15) is 36.3 Å². The lowest BCUT2D eigenvalue weighted by Crippen LogP contribution is -2.28. The van der Waals surface area contributed by atoms with E-state index in [4.69, 9.17) is 14.1 Å². The molecular weight excluding hydrogens is 450 g/mol. The van der Waals surface area contributed by atoms with Crippen molar-refractivity contribution in [2.75, 3.05) is 6.61 Å². The molecule has 0 N–H and O–H groups in total. The molecule has 0 saturated heterocycles. The second-order valence-corrected chi connectivity index (χ2v) is 9.17. The van der Waals surface area contributed by atoms with Crippen molar-refractivity contribution in [2.24, 2.45) is 5.92 Å². The highest BCUT2D eigenvalue weighted by Crippen LogP contribution is 2.40. The van der Waals surface area contributed by atoms with Gasteiger partial charge in [-0.05, 0) is 61.8 Å². The number of carboxylic acids is 1. The van der Waals surface area contributed by atoms with Crippen LogP contribution in [0.25, 0.3) is 28.2 Å². The fourth-order valence-electron chi connectivity index (χ4n) is 4.80. The van der Waals surface area contributed by atoms with Gasteiger partial charge in [-0.25, -0.2) is 4.98 Å². The molecule has 1 aliphatic carbocycles. The SMILES string of the molecule is Cc1ccc(OCC(=O)[O-])cc1CC1CCCC=C1c1nc(-c2ccccc2)c(-c2ccccc2)o1. The summed E-state index contributed by atoms with van der Waals surface area (Å²) in [4.78, 5) is 15.8. The molecular formula is C31H28NO4-. The van der Waals surface area contributed by atoms with Gasteiger partial charge in [-0.2, -0.15) is 0 Å². The van der Waals surface area contributed by atoms with E-state index in [1.54, 1.807) is 6.07 Å². The predicted molar refractivity (Wildman–Crippen MR) is 138 cm³/mol. The van der Waals surface area contributed by atoms with E-state index in [1.165, 1.54) is 0 Å². The summed E-state index contributed by atoms with van der Waals surface area (Å²) in [5.41, 5.74) is 6.26. The van der Waals surface area contributed by atoms with Crippen LogP contribution in [0, 0.1) is 12.8 Å². The Morgan fingerprint density at radius 1 is 1.03 bits per heavy atom. The molecule has 1 aromatic heterocycles. The van der Waals surface area contributed by atoms with Gasteiger partial charge < -0.3 is 19.1 Å². The van der Waals surface area contributed by atoms with Crippen LogP contribution in [0.2, 0.25) is 0 Å². The summed E-state index contributed by atoms with van der Waals surface area (Å²) in [5, 5.41) is 10.8. The van der Waals surface area contributed by atoms with Gasteiger partial charge in [0.1, 0.15) is 18.1 Å². The normalized spacial score (nSPS) is 15.4. The van der Waals surface area contributed by atoms with Crippen molar-refractivity contribution in [2.45, 2.75) is 32.6 Å². The number of rotatable bonds is 8. The largest absolute Gasteiger partial charge is 0.546 e. The number of ether oxygens (including phenoxy) is 1. The maximum atomic E-state index is 10.8. The average molecular weight is 479 g/mol. The summed E-state index contributed by atoms with van der Waals surface area (Å²) in [5.74, 6) is 0.979. The third-order valence-corrected chi connectivity index (χ3v) is 6.66. The molecule has 1 atom stereocenters. The van der Waals surface area contributed by atoms with Crippen LogP contribution < -0.4 is 9.84 Å². The summed E-state index contributed by atoms with van der Waals surface area (Å²) in [6, 6.07) is 25.9. The number of aromatic nitrogens is 1. The van der Waals surface area contributed by atoms with Gasteiger partial charge in [0.05, 0.1) is 5.97 Å². The van der Waals surface area contributed by atoms with Crippen molar-refractivity contribution in [3.8, 4) is 28.3 Å². The Morgan fingerprint density at radius 2 is 1.75 bits per heavy atom. The van der Waals surface area contributed by atoms with Crippen molar-refractivity contribution >= 4 is 11.5 Å². The summed E-state index contributed by atoms with van der Waals surface area (Å²) in [6.07, 6.45) is 6.17. The van der Waals surface area contributed by atoms with Crippen molar-refractivity contribution in [3.63, 3.8) is 0 Å². The molecule has 4 aromatic rings. The zero-order chi connectivity index (χ0) is 24.9. The van der Waals surface area contributed by atoms with Crippen LogP contribution in [-0.2, 0) is 11.2 Å². The van der Waals surface area contributed by atoms with Gasteiger partial charge in [0, 0.05) is 16.7 Å². The first-order valence-electron chi connectivity index (χ1n) is 12.3. The van der Waals surface area contributed by atoms with Gasteiger partial charge in [-0.1, -0.05) is 72.8 Å². The number of carbonyl (C=O) groups excluding carboxylic acids is 1.